The fraction of sp³-hybridized carbons (Fsp3) is 0.900. The van der Waals surface area contributed by atoms with E-state index in [1.807, 2.05) is 0 Å². The van der Waals surface area contributed by atoms with Gasteiger partial charge in [0.25, 0.3) is 0 Å². The van der Waals surface area contributed by atoms with E-state index in [-0.39, 0.29) is 5.41 Å². The van der Waals surface area contributed by atoms with Crippen molar-refractivity contribution >= 4 is 5.78 Å². The Balaban J connectivity index is 2.51. The fourth-order valence-corrected chi connectivity index (χ4v) is 2.04. The molecule has 0 saturated heterocycles. The molecule has 1 atom stereocenters. The number of carbonyl (C=O) groups excluding carboxylic acids is 1. The monoisotopic (exact) mass is 154 g/mol. The summed E-state index contributed by atoms with van der Waals surface area (Å²) in [5, 5.41) is 0. The van der Waals surface area contributed by atoms with E-state index in [2.05, 4.69) is 13.8 Å². The first-order valence-electron chi connectivity index (χ1n) is 4.64. The summed E-state index contributed by atoms with van der Waals surface area (Å²) in [6.07, 6.45) is 4.70. The Labute approximate surface area is 69.2 Å². The largest absolute Gasteiger partial charge is 0.299 e. The molecular formula is C10H18O. The molecule has 0 aromatic rings. The van der Waals surface area contributed by atoms with Gasteiger partial charge in [0, 0.05) is 5.41 Å². The molecule has 11 heavy (non-hydrogen) atoms. The molecule has 1 fully saturated rings. The van der Waals surface area contributed by atoms with Gasteiger partial charge in [0.2, 0.25) is 0 Å². The van der Waals surface area contributed by atoms with E-state index in [1.54, 1.807) is 6.92 Å². The summed E-state index contributed by atoms with van der Waals surface area (Å²) in [5.41, 5.74) is 0.121. The number of rotatable bonds is 4. The summed E-state index contributed by atoms with van der Waals surface area (Å²) in [7, 11) is 0. The third-order valence-corrected chi connectivity index (χ3v) is 3.15. The van der Waals surface area contributed by atoms with Crippen LogP contribution in [0.2, 0.25) is 0 Å². The van der Waals surface area contributed by atoms with Crippen LogP contribution in [-0.4, -0.2) is 5.78 Å². The van der Waals surface area contributed by atoms with Crippen LogP contribution < -0.4 is 0 Å². The molecule has 0 aromatic heterocycles. The molecule has 1 heteroatoms. The molecule has 0 heterocycles. The smallest absolute Gasteiger partial charge is 0.136 e. The van der Waals surface area contributed by atoms with Crippen molar-refractivity contribution in [2.24, 2.45) is 11.3 Å². The van der Waals surface area contributed by atoms with Gasteiger partial charge in [0.15, 0.2) is 0 Å². The zero-order valence-electron chi connectivity index (χ0n) is 7.81. The Morgan fingerprint density at radius 1 is 1.55 bits per heavy atom. The van der Waals surface area contributed by atoms with E-state index in [9.17, 15) is 4.79 Å². The number of Topliss-reactive ketones (excluding diaryl/α,β-unsaturated/α-hetero) is 1. The maximum Gasteiger partial charge on any atom is 0.136 e. The first kappa shape index (κ1) is 8.76. The summed E-state index contributed by atoms with van der Waals surface area (Å²) in [6, 6.07) is 0. The van der Waals surface area contributed by atoms with Crippen LogP contribution in [0.15, 0.2) is 0 Å². The van der Waals surface area contributed by atoms with Gasteiger partial charge in [-0.15, -0.1) is 0 Å². The molecule has 0 aromatic carbocycles. The highest BCUT2D eigenvalue weighted by Crippen LogP contribution is 2.53. The zero-order chi connectivity index (χ0) is 8.48. The van der Waals surface area contributed by atoms with Gasteiger partial charge in [-0.05, 0) is 25.7 Å². The molecule has 0 radical (unpaired) electrons. The third kappa shape index (κ3) is 1.47. The molecule has 0 amide bonds. The van der Waals surface area contributed by atoms with Crippen molar-refractivity contribution in [2.75, 3.05) is 0 Å². The molecule has 1 unspecified atom stereocenters. The standard InChI is InChI=1S/C10H18O/c1-4-5-8(2)10(6-7-10)9(3)11/h8H,4-7H2,1-3H3. The zero-order valence-corrected chi connectivity index (χ0v) is 7.81. The molecule has 1 aliphatic rings. The van der Waals surface area contributed by atoms with Gasteiger partial charge in [-0.1, -0.05) is 26.7 Å². The normalized spacial score (nSPS) is 22.8. The van der Waals surface area contributed by atoms with Gasteiger partial charge >= 0.3 is 0 Å². The maximum absolute atomic E-state index is 11.2. The van der Waals surface area contributed by atoms with Gasteiger partial charge in [-0.25, -0.2) is 0 Å². The van der Waals surface area contributed by atoms with Crippen LogP contribution in [0.25, 0.3) is 0 Å². The molecule has 0 aliphatic heterocycles. The second kappa shape index (κ2) is 2.96. The Kier molecular flexibility index (Phi) is 2.36. The SMILES string of the molecule is CCCC(C)C1(C(C)=O)CC1. The van der Waals surface area contributed by atoms with Gasteiger partial charge in [-0.3, -0.25) is 4.79 Å². The van der Waals surface area contributed by atoms with Crippen molar-refractivity contribution < 1.29 is 4.79 Å². The number of ketones is 1. The van der Waals surface area contributed by atoms with Crippen molar-refractivity contribution in [3.8, 4) is 0 Å². The van der Waals surface area contributed by atoms with Gasteiger partial charge in [-0.2, -0.15) is 0 Å². The van der Waals surface area contributed by atoms with Crippen LogP contribution in [0, 0.1) is 11.3 Å². The lowest BCUT2D eigenvalue weighted by molar-refractivity contribution is -0.123. The van der Waals surface area contributed by atoms with E-state index in [4.69, 9.17) is 0 Å². The summed E-state index contributed by atoms with van der Waals surface area (Å²) in [5.74, 6) is 1.03. The summed E-state index contributed by atoms with van der Waals surface area (Å²) >= 11 is 0. The maximum atomic E-state index is 11.2. The Morgan fingerprint density at radius 2 is 2.09 bits per heavy atom. The molecule has 1 aliphatic carbocycles. The van der Waals surface area contributed by atoms with Crippen LogP contribution in [0.1, 0.15) is 46.5 Å². The quantitative estimate of drug-likeness (QED) is 0.608. The minimum absolute atomic E-state index is 0.121. The second-order valence-corrected chi connectivity index (χ2v) is 3.90. The molecule has 1 saturated carbocycles. The van der Waals surface area contributed by atoms with Crippen molar-refractivity contribution in [1.29, 1.82) is 0 Å². The number of hydrogen-bond acceptors (Lipinski definition) is 1. The molecule has 64 valence electrons. The number of carbonyl (C=O) groups is 1. The fourth-order valence-electron chi connectivity index (χ4n) is 2.04. The van der Waals surface area contributed by atoms with Gasteiger partial charge in [0.05, 0.1) is 0 Å². The van der Waals surface area contributed by atoms with Crippen LogP contribution in [0.3, 0.4) is 0 Å². The average Bonchev–Trinajstić information content (AvgIpc) is 2.66. The van der Waals surface area contributed by atoms with Gasteiger partial charge < -0.3 is 0 Å². The van der Waals surface area contributed by atoms with E-state index in [0.717, 1.165) is 12.8 Å². The molecule has 0 N–H and O–H groups in total. The van der Waals surface area contributed by atoms with Crippen molar-refractivity contribution in [3.63, 3.8) is 0 Å². The number of hydrogen-bond donors (Lipinski definition) is 0. The molecule has 0 bridgehead atoms. The van der Waals surface area contributed by atoms with Crippen molar-refractivity contribution in [2.45, 2.75) is 46.5 Å². The predicted octanol–water partition coefficient (Wildman–Crippen LogP) is 2.79. The summed E-state index contributed by atoms with van der Waals surface area (Å²) < 4.78 is 0. The van der Waals surface area contributed by atoms with Crippen molar-refractivity contribution in [3.05, 3.63) is 0 Å². The lowest BCUT2D eigenvalue weighted by Crippen LogP contribution is -2.20. The first-order valence-corrected chi connectivity index (χ1v) is 4.64. The lowest BCUT2D eigenvalue weighted by atomic mass is 9.84. The second-order valence-electron chi connectivity index (χ2n) is 3.90. The van der Waals surface area contributed by atoms with E-state index >= 15 is 0 Å². The molecule has 0 spiro atoms. The van der Waals surface area contributed by atoms with Crippen LogP contribution in [0.5, 0.6) is 0 Å². The third-order valence-electron chi connectivity index (χ3n) is 3.15. The minimum atomic E-state index is 0.121. The Hall–Kier alpha value is -0.330. The van der Waals surface area contributed by atoms with Crippen molar-refractivity contribution in [1.82, 2.24) is 0 Å². The molecule has 1 rings (SSSR count). The van der Waals surface area contributed by atoms with Gasteiger partial charge in [0.1, 0.15) is 5.78 Å². The van der Waals surface area contributed by atoms with E-state index in [1.165, 1.54) is 12.8 Å². The summed E-state index contributed by atoms with van der Waals surface area (Å²) in [6.45, 7) is 6.16. The first-order chi connectivity index (χ1) is 5.13. The van der Waals surface area contributed by atoms with E-state index < -0.39 is 0 Å². The molecule has 1 nitrogen and oxygen atoms in total. The van der Waals surface area contributed by atoms with Crippen LogP contribution >= 0.6 is 0 Å². The Bertz CT molecular complexity index is 156. The average molecular weight is 154 g/mol. The predicted molar refractivity (Wildman–Crippen MR) is 46.4 cm³/mol. The Morgan fingerprint density at radius 3 is 2.36 bits per heavy atom. The van der Waals surface area contributed by atoms with E-state index in [0.29, 0.717) is 11.7 Å². The highest BCUT2D eigenvalue weighted by atomic mass is 16.1. The minimum Gasteiger partial charge on any atom is -0.299 e. The summed E-state index contributed by atoms with van der Waals surface area (Å²) in [4.78, 5) is 11.2. The van der Waals surface area contributed by atoms with Crippen LogP contribution in [-0.2, 0) is 4.79 Å². The lowest BCUT2D eigenvalue weighted by Gasteiger charge is -2.19. The van der Waals surface area contributed by atoms with Crippen LogP contribution in [0.4, 0.5) is 0 Å². The topological polar surface area (TPSA) is 17.1 Å². The highest BCUT2D eigenvalue weighted by molar-refractivity contribution is 5.85. The molecular weight excluding hydrogens is 136 g/mol. The highest BCUT2D eigenvalue weighted by Gasteiger charge is 2.50.